The summed E-state index contributed by atoms with van der Waals surface area (Å²) in [4.78, 5) is 11.6. The van der Waals surface area contributed by atoms with Crippen molar-refractivity contribution in [3.8, 4) is 0 Å². The van der Waals surface area contributed by atoms with Crippen molar-refractivity contribution < 1.29 is 4.74 Å². The van der Waals surface area contributed by atoms with Crippen molar-refractivity contribution in [1.29, 1.82) is 0 Å². The van der Waals surface area contributed by atoms with E-state index in [1.165, 1.54) is 0 Å². The Morgan fingerprint density at radius 3 is 2.67 bits per heavy atom. The van der Waals surface area contributed by atoms with Crippen LogP contribution in [-0.2, 0) is 11.3 Å². The molecule has 1 N–H and O–H groups in total. The Labute approximate surface area is 109 Å². The van der Waals surface area contributed by atoms with Gasteiger partial charge in [0.2, 0.25) is 0 Å². The van der Waals surface area contributed by atoms with Gasteiger partial charge in [0.15, 0.2) is 0 Å². The molecular weight excluding hydrogens is 228 g/mol. The van der Waals surface area contributed by atoms with Crippen LogP contribution in [0, 0.1) is 5.92 Å². The van der Waals surface area contributed by atoms with Crippen molar-refractivity contribution in [1.82, 2.24) is 4.57 Å². The molecule has 1 aromatic rings. The van der Waals surface area contributed by atoms with Crippen LogP contribution in [-0.4, -0.2) is 24.3 Å². The fraction of sp³-hybridized carbons (Fsp3) is 0.643. The molecule has 4 nitrogen and oxygen atoms in total. The van der Waals surface area contributed by atoms with Crippen LogP contribution in [0.3, 0.4) is 0 Å². The molecule has 0 amide bonds. The molecular formula is C14H24N2O2. The predicted molar refractivity (Wildman–Crippen MR) is 75.1 cm³/mol. The van der Waals surface area contributed by atoms with Gasteiger partial charge in [-0.15, -0.1) is 0 Å². The number of rotatable bonds is 7. The van der Waals surface area contributed by atoms with E-state index in [-0.39, 0.29) is 5.56 Å². The van der Waals surface area contributed by atoms with Crippen LogP contribution in [0.4, 0.5) is 5.69 Å². The average Bonchev–Trinajstić information content (AvgIpc) is 2.28. The standard InChI is InChI=1S/C14H24N2O2/c1-11(2)9-12(3)15-13-5-6-14(17)16(10-13)7-8-18-4/h5-6,10-12,15H,7-9H2,1-4H3. The predicted octanol–water partition coefficient (Wildman–Crippen LogP) is 2.34. The van der Waals surface area contributed by atoms with Gasteiger partial charge in [0.25, 0.3) is 5.56 Å². The van der Waals surface area contributed by atoms with Crippen molar-refractivity contribution in [3.63, 3.8) is 0 Å². The van der Waals surface area contributed by atoms with Gasteiger partial charge in [0.05, 0.1) is 12.3 Å². The van der Waals surface area contributed by atoms with Crippen LogP contribution < -0.4 is 10.9 Å². The third kappa shape index (κ3) is 4.92. The van der Waals surface area contributed by atoms with Crippen LogP contribution in [0.5, 0.6) is 0 Å². The van der Waals surface area contributed by atoms with E-state index in [0.717, 1.165) is 12.1 Å². The highest BCUT2D eigenvalue weighted by atomic mass is 16.5. The monoisotopic (exact) mass is 252 g/mol. The number of nitrogens with one attached hydrogen (secondary N) is 1. The minimum Gasteiger partial charge on any atom is -0.383 e. The molecule has 0 fully saturated rings. The molecule has 0 spiro atoms. The van der Waals surface area contributed by atoms with Gasteiger partial charge in [-0.1, -0.05) is 13.8 Å². The van der Waals surface area contributed by atoms with E-state index in [2.05, 4.69) is 26.1 Å². The quantitative estimate of drug-likeness (QED) is 0.810. The molecule has 0 aliphatic carbocycles. The van der Waals surface area contributed by atoms with E-state index in [4.69, 9.17) is 4.74 Å². The summed E-state index contributed by atoms with van der Waals surface area (Å²) in [7, 11) is 1.64. The molecule has 1 unspecified atom stereocenters. The number of hydrogen-bond acceptors (Lipinski definition) is 3. The Kier molecular flexibility index (Phi) is 5.92. The molecule has 18 heavy (non-hydrogen) atoms. The number of aromatic nitrogens is 1. The second-order valence-electron chi connectivity index (χ2n) is 5.12. The van der Waals surface area contributed by atoms with Crippen LogP contribution >= 0.6 is 0 Å². The summed E-state index contributed by atoms with van der Waals surface area (Å²) in [6.07, 6.45) is 2.97. The van der Waals surface area contributed by atoms with Crippen LogP contribution in [0.25, 0.3) is 0 Å². The molecule has 1 aromatic heterocycles. The molecule has 0 radical (unpaired) electrons. The van der Waals surface area contributed by atoms with Gasteiger partial charge in [0, 0.05) is 32.0 Å². The number of anilines is 1. The Bertz CT molecular complexity index is 413. The maximum atomic E-state index is 11.6. The number of nitrogens with zero attached hydrogens (tertiary/aromatic N) is 1. The Hall–Kier alpha value is -1.29. The lowest BCUT2D eigenvalue weighted by Gasteiger charge is -2.18. The number of ether oxygens (including phenoxy) is 1. The van der Waals surface area contributed by atoms with E-state index in [0.29, 0.717) is 25.1 Å². The Morgan fingerprint density at radius 2 is 2.06 bits per heavy atom. The first-order valence-corrected chi connectivity index (χ1v) is 6.49. The number of hydrogen-bond donors (Lipinski definition) is 1. The van der Waals surface area contributed by atoms with E-state index < -0.39 is 0 Å². The van der Waals surface area contributed by atoms with Crippen LogP contribution in [0.1, 0.15) is 27.2 Å². The molecule has 0 saturated heterocycles. The second kappa shape index (κ2) is 7.21. The molecule has 1 atom stereocenters. The molecule has 0 aliphatic heterocycles. The topological polar surface area (TPSA) is 43.3 Å². The minimum atomic E-state index is 0.00844. The summed E-state index contributed by atoms with van der Waals surface area (Å²) in [5, 5.41) is 3.42. The molecule has 4 heteroatoms. The van der Waals surface area contributed by atoms with Crippen LogP contribution in [0.2, 0.25) is 0 Å². The SMILES string of the molecule is COCCn1cc(NC(C)CC(C)C)ccc1=O. The zero-order valence-corrected chi connectivity index (χ0v) is 11.8. The van der Waals surface area contributed by atoms with Gasteiger partial charge in [-0.25, -0.2) is 0 Å². The van der Waals surface area contributed by atoms with Crippen molar-refractivity contribution in [2.24, 2.45) is 5.92 Å². The summed E-state index contributed by atoms with van der Waals surface area (Å²) in [5.74, 6) is 0.659. The van der Waals surface area contributed by atoms with Gasteiger partial charge in [-0.3, -0.25) is 4.79 Å². The molecule has 0 aliphatic rings. The normalized spacial score (nSPS) is 12.7. The van der Waals surface area contributed by atoms with Gasteiger partial charge in [-0.2, -0.15) is 0 Å². The highest BCUT2D eigenvalue weighted by Crippen LogP contribution is 2.11. The molecule has 0 bridgehead atoms. The van der Waals surface area contributed by atoms with E-state index in [9.17, 15) is 4.79 Å². The highest BCUT2D eigenvalue weighted by Gasteiger charge is 2.05. The maximum Gasteiger partial charge on any atom is 0.250 e. The van der Waals surface area contributed by atoms with E-state index >= 15 is 0 Å². The number of methoxy groups -OCH3 is 1. The lowest BCUT2D eigenvalue weighted by Crippen LogP contribution is -2.23. The Balaban J connectivity index is 2.69. The van der Waals surface area contributed by atoms with Crippen molar-refractivity contribution in [3.05, 3.63) is 28.7 Å². The fourth-order valence-electron chi connectivity index (χ4n) is 2.03. The number of pyridine rings is 1. The van der Waals surface area contributed by atoms with Crippen molar-refractivity contribution in [2.75, 3.05) is 19.0 Å². The Morgan fingerprint density at radius 1 is 1.33 bits per heavy atom. The van der Waals surface area contributed by atoms with Crippen molar-refractivity contribution in [2.45, 2.75) is 39.8 Å². The van der Waals surface area contributed by atoms with Gasteiger partial charge in [-0.05, 0) is 25.3 Å². The molecule has 1 heterocycles. The first kappa shape index (κ1) is 14.8. The summed E-state index contributed by atoms with van der Waals surface area (Å²) in [6, 6.07) is 3.83. The fourth-order valence-corrected chi connectivity index (χ4v) is 2.03. The van der Waals surface area contributed by atoms with E-state index in [1.54, 1.807) is 17.7 Å². The molecule has 1 rings (SSSR count). The third-order valence-corrected chi connectivity index (χ3v) is 2.76. The smallest absolute Gasteiger partial charge is 0.250 e. The average molecular weight is 252 g/mol. The summed E-state index contributed by atoms with van der Waals surface area (Å²) in [6.45, 7) is 7.70. The third-order valence-electron chi connectivity index (χ3n) is 2.76. The lowest BCUT2D eigenvalue weighted by molar-refractivity contribution is 0.186. The highest BCUT2D eigenvalue weighted by molar-refractivity contribution is 5.41. The van der Waals surface area contributed by atoms with Crippen molar-refractivity contribution >= 4 is 5.69 Å². The van der Waals surface area contributed by atoms with Gasteiger partial charge in [0.1, 0.15) is 0 Å². The lowest BCUT2D eigenvalue weighted by atomic mass is 10.1. The molecule has 102 valence electrons. The summed E-state index contributed by atoms with van der Waals surface area (Å²) < 4.78 is 6.67. The second-order valence-corrected chi connectivity index (χ2v) is 5.12. The largest absolute Gasteiger partial charge is 0.383 e. The van der Waals surface area contributed by atoms with Gasteiger partial charge >= 0.3 is 0 Å². The molecule has 0 aromatic carbocycles. The summed E-state index contributed by atoms with van der Waals surface area (Å²) >= 11 is 0. The summed E-state index contributed by atoms with van der Waals surface area (Å²) in [5.41, 5.74) is 0.993. The first-order chi connectivity index (χ1) is 8.52. The first-order valence-electron chi connectivity index (χ1n) is 6.49. The zero-order chi connectivity index (χ0) is 13.5. The van der Waals surface area contributed by atoms with Crippen LogP contribution in [0.15, 0.2) is 23.1 Å². The van der Waals surface area contributed by atoms with E-state index in [1.807, 2.05) is 12.3 Å². The minimum absolute atomic E-state index is 0.00844. The zero-order valence-electron chi connectivity index (χ0n) is 11.8. The van der Waals surface area contributed by atoms with Gasteiger partial charge < -0.3 is 14.6 Å². The maximum absolute atomic E-state index is 11.6. The molecule has 0 saturated carbocycles.